The first-order valence-corrected chi connectivity index (χ1v) is 7.98. The third-order valence-corrected chi connectivity index (χ3v) is 4.60. The molecule has 1 aliphatic rings. The summed E-state index contributed by atoms with van der Waals surface area (Å²) in [7, 11) is 1.67. The van der Waals surface area contributed by atoms with E-state index in [2.05, 4.69) is 24.0 Å². The van der Waals surface area contributed by atoms with Crippen LogP contribution in [0.4, 0.5) is 13.2 Å². The zero-order chi connectivity index (χ0) is 17.0. The molecule has 130 valence electrons. The Hall–Kier alpha value is -1.11. The van der Waals surface area contributed by atoms with Crippen LogP contribution >= 0.6 is 0 Å². The van der Waals surface area contributed by atoms with Crippen LogP contribution in [-0.4, -0.2) is 59.9 Å². The zero-order valence-corrected chi connectivity index (χ0v) is 13.6. The van der Waals surface area contributed by atoms with Crippen LogP contribution < -0.4 is 0 Å². The molecule has 1 fully saturated rings. The first-order valence-electron chi connectivity index (χ1n) is 7.98. The van der Waals surface area contributed by atoms with Crippen molar-refractivity contribution < 1.29 is 18.3 Å². The Balaban J connectivity index is 1.86. The number of aliphatic hydroxyl groups is 1. The molecule has 1 saturated heterocycles. The van der Waals surface area contributed by atoms with E-state index >= 15 is 0 Å². The molecule has 0 bridgehead atoms. The van der Waals surface area contributed by atoms with Gasteiger partial charge in [-0.3, -0.25) is 4.90 Å². The minimum absolute atomic E-state index is 0.0685. The van der Waals surface area contributed by atoms with Crippen LogP contribution in [0.5, 0.6) is 0 Å². The molecule has 6 heteroatoms. The van der Waals surface area contributed by atoms with Crippen LogP contribution in [0.3, 0.4) is 0 Å². The van der Waals surface area contributed by atoms with Crippen molar-refractivity contribution >= 4 is 0 Å². The van der Waals surface area contributed by atoms with E-state index in [9.17, 15) is 18.3 Å². The van der Waals surface area contributed by atoms with Gasteiger partial charge in [-0.05, 0) is 31.5 Å². The van der Waals surface area contributed by atoms with Crippen molar-refractivity contribution in [2.75, 3.05) is 26.7 Å². The van der Waals surface area contributed by atoms with Crippen molar-refractivity contribution in [3.8, 4) is 0 Å². The first-order chi connectivity index (χ1) is 10.8. The van der Waals surface area contributed by atoms with Gasteiger partial charge in [0.1, 0.15) is 0 Å². The Morgan fingerprint density at radius 1 is 1.30 bits per heavy atom. The molecule has 0 spiro atoms. The molecule has 0 radical (unpaired) electrons. The van der Waals surface area contributed by atoms with Crippen molar-refractivity contribution in [1.29, 1.82) is 0 Å². The maximum Gasteiger partial charge on any atom is 0.415 e. The molecule has 1 aromatic rings. The van der Waals surface area contributed by atoms with Crippen LogP contribution in [0, 0.1) is 5.92 Å². The number of piperidine rings is 1. The monoisotopic (exact) mass is 330 g/mol. The average molecular weight is 330 g/mol. The Morgan fingerprint density at radius 3 is 2.52 bits per heavy atom. The highest BCUT2D eigenvalue weighted by Crippen LogP contribution is 2.25. The number of hydrogen-bond acceptors (Lipinski definition) is 3. The molecule has 3 atom stereocenters. The summed E-state index contributed by atoms with van der Waals surface area (Å²) < 4.78 is 37.5. The predicted octanol–water partition coefficient (Wildman–Crippen LogP) is 2.75. The summed E-state index contributed by atoms with van der Waals surface area (Å²) in [5.41, 5.74) is 1.25. The molecule has 3 nitrogen and oxygen atoms in total. The third kappa shape index (κ3) is 5.19. The summed E-state index contributed by atoms with van der Waals surface area (Å²) in [5, 5.41) is 9.24. The second-order valence-corrected chi connectivity index (χ2v) is 6.55. The highest BCUT2D eigenvalue weighted by atomic mass is 19.4. The fraction of sp³-hybridized carbons (Fsp3) is 0.647. The van der Waals surface area contributed by atoms with Crippen LogP contribution in [0.25, 0.3) is 0 Å². The first kappa shape index (κ1) is 18.2. The van der Waals surface area contributed by atoms with E-state index in [0.29, 0.717) is 0 Å². The molecule has 0 aliphatic carbocycles. The average Bonchev–Trinajstić information content (AvgIpc) is 2.47. The molecular weight excluding hydrogens is 305 g/mol. The molecule has 1 N–H and O–H groups in total. The number of halogens is 3. The Kier molecular flexibility index (Phi) is 6.06. The van der Waals surface area contributed by atoms with Crippen LogP contribution in [0.15, 0.2) is 30.3 Å². The molecule has 0 amide bonds. The minimum Gasteiger partial charge on any atom is -0.382 e. The van der Waals surface area contributed by atoms with E-state index in [0.717, 1.165) is 26.1 Å². The van der Waals surface area contributed by atoms with Crippen molar-refractivity contribution in [1.82, 2.24) is 9.80 Å². The van der Waals surface area contributed by atoms with Gasteiger partial charge >= 0.3 is 6.18 Å². The molecule has 0 aromatic heterocycles. The second-order valence-electron chi connectivity index (χ2n) is 6.55. The highest BCUT2D eigenvalue weighted by molar-refractivity contribution is 5.14. The van der Waals surface area contributed by atoms with Crippen molar-refractivity contribution in [2.24, 2.45) is 5.92 Å². The van der Waals surface area contributed by atoms with Crippen molar-refractivity contribution in [2.45, 2.75) is 38.2 Å². The fourth-order valence-corrected chi connectivity index (χ4v) is 3.37. The zero-order valence-electron chi connectivity index (χ0n) is 13.6. The number of aliphatic hydroxyl groups excluding tert-OH is 1. The van der Waals surface area contributed by atoms with Crippen molar-refractivity contribution in [3.63, 3.8) is 0 Å². The van der Waals surface area contributed by atoms with Gasteiger partial charge < -0.3 is 10.0 Å². The van der Waals surface area contributed by atoms with E-state index in [1.54, 1.807) is 11.9 Å². The van der Waals surface area contributed by atoms with Gasteiger partial charge in [-0.1, -0.05) is 37.3 Å². The lowest BCUT2D eigenvalue weighted by Gasteiger charge is -2.42. The van der Waals surface area contributed by atoms with E-state index in [1.807, 2.05) is 18.2 Å². The summed E-state index contributed by atoms with van der Waals surface area (Å²) in [6.45, 7) is 4.28. The van der Waals surface area contributed by atoms with E-state index in [4.69, 9.17) is 0 Å². The summed E-state index contributed by atoms with van der Waals surface area (Å²) in [5.74, 6) is 0.262. The highest BCUT2D eigenvalue weighted by Gasteiger charge is 2.40. The smallest absolute Gasteiger partial charge is 0.382 e. The number of rotatable bonds is 5. The number of likely N-dealkylation sites (tertiary alicyclic amines) is 1. The lowest BCUT2D eigenvalue weighted by atomic mass is 9.92. The number of alkyl halides is 3. The lowest BCUT2D eigenvalue weighted by molar-refractivity contribution is -0.209. The fourth-order valence-electron chi connectivity index (χ4n) is 3.37. The maximum atomic E-state index is 12.5. The second kappa shape index (κ2) is 7.64. The topological polar surface area (TPSA) is 26.7 Å². The van der Waals surface area contributed by atoms with Gasteiger partial charge in [0.05, 0.1) is 0 Å². The van der Waals surface area contributed by atoms with Crippen LogP contribution in [-0.2, 0) is 6.54 Å². The van der Waals surface area contributed by atoms with E-state index < -0.39 is 12.3 Å². The normalized spacial score (nSPS) is 24.8. The van der Waals surface area contributed by atoms with Gasteiger partial charge in [0.15, 0.2) is 6.10 Å². The number of hydrogen-bond donors (Lipinski definition) is 1. The SMILES string of the molecule is C[C@@H]1CN(Cc2ccccc2)CC[C@@H]1N(C)C[C@@H](O)C(F)(F)F. The molecule has 1 aliphatic heterocycles. The van der Waals surface area contributed by atoms with Crippen LogP contribution in [0.1, 0.15) is 18.9 Å². The van der Waals surface area contributed by atoms with Gasteiger partial charge in [-0.2, -0.15) is 13.2 Å². The lowest BCUT2D eigenvalue weighted by Crippen LogP contribution is -2.51. The molecule has 23 heavy (non-hydrogen) atoms. The molecule has 2 rings (SSSR count). The largest absolute Gasteiger partial charge is 0.415 e. The molecule has 1 aromatic carbocycles. The van der Waals surface area contributed by atoms with Crippen LogP contribution in [0.2, 0.25) is 0 Å². The quantitative estimate of drug-likeness (QED) is 0.899. The van der Waals surface area contributed by atoms with Crippen molar-refractivity contribution in [3.05, 3.63) is 35.9 Å². The van der Waals surface area contributed by atoms with Gasteiger partial charge in [0, 0.05) is 25.7 Å². The Morgan fingerprint density at radius 2 is 1.96 bits per heavy atom. The Bertz CT molecular complexity index is 480. The third-order valence-electron chi connectivity index (χ3n) is 4.60. The van der Waals surface area contributed by atoms with Gasteiger partial charge in [-0.25, -0.2) is 0 Å². The summed E-state index contributed by atoms with van der Waals surface area (Å²) in [6, 6.07) is 10.2. The minimum atomic E-state index is -4.55. The maximum absolute atomic E-state index is 12.5. The Labute approximate surface area is 135 Å². The van der Waals surface area contributed by atoms with E-state index in [-0.39, 0.29) is 18.5 Å². The molecule has 1 heterocycles. The van der Waals surface area contributed by atoms with E-state index in [1.165, 1.54) is 5.56 Å². The molecule has 0 saturated carbocycles. The summed E-state index contributed by atoms with van der Waals surface area (Å²) >= 11 is 0. The number of likely N-dealkylation sites (N-methyl/N-ethyl adjacent to an activating group) is 1. The standard InChI is InChI=1S/C17H25F3N2O/c1-13-10-22(11-14-6-4-3-5-7-14)9-8-15(13)21(2)12-16(23)17(18,19)20/h3-7,13,15-16,23H,8-12H2,1-2H3/t13-,15+,16-/m1/s1. The number of benzene rings is 1. The van der Waals surface area contributed by atoms with Gasteiger partial charge in [-0.15, -0.1) is 0 Å². The molecule has 0 unspecified atom stereocenters. The predicted molar refractivity (Wildman–Crippen MR) is 84.0 cm³/mol. The van der Waals surface area contributed by atoms with Gasteiger partial charge in [0.2, 0.25) is 0 Å². The van der Waals surface area contributed by atoms with Gasteiger partial charge in [0.25, 0.3) is 0 Å². The summed E-state index contributed by atoms with van der Waals surface area (Å²) in [6.07, 6.45) is -6.01. The molecular formula is C17H25F3N2O. The summed E-state index contributed by atoms with van der Waals surface area (Å²) in [4.78, 5) is 3.99. The number of nitrogens with zero attached hydrogens (tertiary/aromatic N) is 2.